The molecular weight excluding hydrogens is 949 g/mol. The van der Waals surface area contributed by atoms with Crippen LogP contribution in [-0.4, -0.2) is 164 Å². The molecule has 6 rings (SSSR count). The number of rotatable bonds is 14. The Balaban J connectivity index is 1.28. The SMILES string of the molecule is COc1ccc(C(=O)Nc2ccc(/C(O)=C(\O)c3ccc(NC(=O)c4ccc(OC)c(S(=O)(=O)N5CCN(C)CC5)c4)cc3S(=O)(=O)O)c(S(=O)(=O)O)c2)cc1S(=O)(=O)N1CCN(C)CC1. The maximum Gasteiger partial charge on any atom is 0.295 e. The van der Waals surface area contributed by atoms with E-state index >= 15 is 0 Å². The van der Waals surface area contributed by atoms with Gasteiger partial charge in [0.25, 0.3) is 32.1 Å². The Bertz CT molecular complexity index is 2850. The quantitative estimate of drug-likeness (QED) is 0.0601. The highest BCUT2D eigenvalue weighted by Crippen LogP contribution is 2.35. The van der Waals surface area contributed by atoms with E-state index in [2.05, 4.69) is 10.6 Å². The average molecular weight is 995 g/mol. The van der Waals surface area contributed by atoms with Gasteiger partial charge < -0.3 is 40.1 Å². The third-order valence-corrected chi connectivity index (χ3v) is 16.4. The maximum absolute atomic E-state index is 13.6. The molecule has 0 radical (unpaired) electrons. The molecule has 6 N–H and O–H groups in total. The summed E-state index contributed by atoms with van der Waals surface area (Å²) in [7, 11) is -12.7. The van der Waals surface area contributed by atoms with Crippen LogP contribution in [0.3, 0.4) is 0 Å². The summed E-state index contributed by atoms with van der Waals surface area (Å²) < 4.78 is 138. The molecule has 0 atom stereocenters. The molecule has 356 valence electrons. The lowest BCUT2D eigenvalue weighted by atomic mass is 10.1. The maximum atomic E-state index is 13.6. The lowest BCUT2D eigenvalue weighted by Gasteiger charge is -2.31. The van der Waals surface area contributed by atoms with E-state index in [1.807, 2.05) is 23.9 Å². The number of sulfonamides is 2. The summed E-state index contributed by atoms with van der Waals surface area (Å²) in [5.74, 6) is -4.61. The first-order chi connectivity index (χ1) is 30.9. The zero-order valence-electron chi connectivity index (χ0n) is 35.7. The van der Waals surface area contributed by atoms with Gasteiger partial charge in [-0.05, 0) is 86.9 Å². The number of nitrogens with zero attached hydrogens (tertiary/aromatic N) is 4. The molecule has 0 aromatic heterocycles. The third kappa shape index (κ3) is 10.6. The van der Waals surface area contributed by atoms with E-state index in [1.165, 1.54) is 47.1 Å². The van der Waals surface area contributed by atoms with Crippen molar-refractivity contribution in [3.63, 3.8) is 0 Å². The molecule has 26 heteroatoms. The van der Waals surface area contributed by atoms with Crippen molar-refractivity contribution in [3.05, 3.63) is 95.1 Å². The molecule has 0 unspecified atom stereocenters. The van der Waals surface area contributed by atoms with Gasteiger partial charge in [-0.3, -0.25) is 18.7 Å². The zero-order chi connectivity index (χ0) is 48.5. The fraction of sp³-hybridized carbons (Fsp3) is 0.300. The third-order valence-electron chi connectivity index (χ3n) is 10.8. The van der Waals surface area contributed by atoms with Crippen molar-refractivity contribution < 1.29 is 72.1 Å². The van der Waals surface area contributed by atoms with Crippen LogP contribution in [-0.2, 0) is 40.3 Å². The summed E-state index contributed by atoms with van der Waals surface area (Å²) in [4.78, 5) is 27.9. The molecule has 2 amide bonds. The molecule has 0 saturated carbocycles. The van der Waals surface area contributed by atoms with Gasteiger partial charge in [0.1, 0.15) is 31.1 Å². The van der Waals surface area contributed by atoms with Crippen molar-refractivity contribution in [1.29, 1.82) is 0 Å². The molecular formula is C40H46N6O16S4. The largest absolute Gasteiger partial charge is 0.504 e. The van der Waals surface area contributed by atoms with Gasteiger partial charge in [-0.25, -0.2) is 16.8 Å². The summed E-state index contributed by atoms with van der Waals surface area (Å²) in [6.07, 6.45) is 0. The number of hydrogen-bond acceptors (Lipinski definition) is 16. The van der Waals surface area contributed by atoms with E-state index in [1.54, 1.807) is 0 Å². The molecule has 4 aromatic carbocycles. The zero-order valence-corrected chi connectivity index (χ0v) is 39.0. The van der Waals surface area contributed by atoms with Crippen molar-refractivity contribution in [1.82, 2.24) is 18.4 Å². The molecule has 2 aliphatic heterocycles. The molecule has 22 nitrogen and oxygen atoms in total. The van der Waals surface area contributed by atoms with Gasteiger partial charge in [0, 0.05) is 86.0 Å². The number of ether oxygens (including phenoxy) is 2. The Labute approximate surface area is 381 Å². The number of amides is 2. The topological polar surface area (TPSA) is 307 Å². The number of piperazine rings is 2. The number of aliphatic hydroxyl groups excluding tert-OH is 2. The minimum Gasteiger partial charge on any atom is -0.504 e. The van der Waals surface area contributed by atoms with Gasteiger partial charge in [0.15, 0.2) is 11.5 Å². The van der Waals surface area contributed by atoms with Crippen LogP contribution in [0.2, 0.25) is 0 Å². The molecule has 0 bridgehead atoms. The number of hydrogen-bond donors (Lipinski definition) is 6. The second-order valence-electron chi connectivity index (χ2n) is 15.1. The van der Waals surface area contributed by atoms with Crippen LogP contribution < -0.4 is 20.1 Å². The number of benzene rings is 4. The molecule has 2 saturated heterocycles. The van der Waals surface area contributed by atoms with Crippen molar-refractivity contribution in [3.8, 4) is 11.5 Å². The lowest BCUT2D eigenvalue weighted by Crippen LogP contribution is -2.47. The second-order valence-corrected chi connectivity index (χ2v) is 21.7. The molecule has 4 aromatic rings. The van der Waals surface area contributed by atoms with Gasteiger partial charge in [0.2, 0.25) is 20.0 Å². The highest BCUT2D eigenvalue weighted by molar-refractivity contribution is 7.89. The Morgan fingerprint density at radius 3 is 1.14 bits per heavy atom. The van der Waals surface area contributed by atoms with Crippen LogP contribution >= 0.6 is 0 Å². The predicted molar refractivity (Wildman–Crippen MR) is 239 cm³/mol. The fourth-order valence-corrected chi connectivity index (χ4v) is 11.7. The summed E-state index contributed by atoms with van der Waals surface area (Å²) in [6.45, 7) is 2.59. The van der Waals surface area contributed by atoms with Crippen molar-refractivity contribution in [2.75, 3.05) is 91.3 Å². The Morgan fingerprint density at radius 1 is 0.500 bits per heavy atom. The highest BCUT2D eigenvalue weighted by Gasteiger charge is 2.33. The number of aliphatic hydroxyl groups is 2. The highest BCUT2D eigenvalue weighted by atomic mass is 32.2. The summed E-state index contributed by atoms with van der Waals surface area (Å²) >= 11 is 0. The van der Waals surface area contributed by atoms with Gasteiger partial charge in [-0.15, -0.1) is 0 Å². The number of anilines is 2. The predicted octanol–water partition coefficient (Wildman–Crippen LogP) is 2.52. The monoisotopic (exact) mass is 994 g/mol. The summed E-state index contributed by atoms with van der Waals surface area (Å²) in [5.41, 5.74) is -2.61. The average Bonchev–Trinajstić information content (AvgIpc) is 3.27. The van der Waals surface area contributed by atoms with E-state index < -0.39 is 84.5 Å². The fourth-order valence-electron chi connectivity index (χ4n) is 7.05. The van der Waals surface area contributed by atoms with Crippen LogP contribution in [0.15, 0.2) is 92.4 Å². The minimum absolute atomic E-state index is 0.0409. The van der Waals surface area contributed by atoms with E-state index in [4.69, 9.17) is 9.47 Å². The Morgan fingerprint density at radius 2 is 0.833 bits per heavy atom. The first kappa shape index (κ1) is 49.7. The molecule has 0 aliphatic carbocycles. The van der Waals surface area contributed by atoms with E-state index in [0.717, 1.165) is 36.4 Å². The summed E-state index contributed by atoms with van der Waals surface area (Å²) in [6, 6.07) is 12.3. The van der Waals surface area contributed by atoms with E-state index in [-0.39, 0.29) is 70.0 Å². The number of nitrogens with one attached hydrogen (secondary N) is 2. The van der Waals surface area contributed by atoms with Gasteiger partial charge in [-0.2, -0.15) is 25.4 Å². The van der Waals surface area contributed by atoms with Crippen LogP contribution in [0, 0.1) is 0 Å². The minimum atomic E-state index is -5.31. The van der Waals surface area contributed by atoms with Crippen LogP contribution in [0.1, 0.15) is 31.8 Å². The Hall–Kier alpha value is -5.68. The standard InChI is InChI=1S/C40H46N6O16S4/c1-43-13-17-45(18-14-43)63(51,52)35-21-25(5-11-31(35)61-3)39(49)41-27-7-9-29(33(23-27)65(55,56)57)37(47)38(48)30-10-8-28(24-34(30)66(58,59)60)42-40(50)26-6-12-32(62-4)36(22-26)64(53,54)46-19-15-44(2)16-20-46/h5-12,21-24,47-48H,13-20H2,1-4H3,(H,41,49)(H,42,50)(H,55,56,57)(H,58,59,60)/b38-37+. The first-order valence-electron chi connectivity index (χ1n) is 19.6. The molecule has 66 heavy (non-hydrogen) atoms. The normalized spacial score (nSPS) is 16.6. The number of methoxy groups -OCH3 is 2. The molecule has 2 heterocycles. The van der Waals surface area contributed by atoms with E-state index in [9.17, 15) is 62.6 Å². The first-order valence-corrected chi connectivity index (χ1v) is 25.3. The second kappa shape index (κ2) is 19.3. The number of carbonyl (C=O) groups excluding carboxylic acids is 2. The number of carbonyl (C=O) groups is 2. The van der Waals surface area contributed by atoms with Crippen LogP contribution in [0.5, 0.6) is 11.5 Å². The lowest BCUT2D eigenvalue weighted by molar-refractivity contribution is 0.101. The van der Waals surface area contributed by atoms with Gasteiger partial charge in [-0.1, -0.05) is 0 Å². The Kier molecular flexibility index (Phi) is 14.5. The van der Waals surface area contributed by atoms with Crippen molar-refractivity contribution in [2.45, 2.75) is 19.6 Å². The smallest absolute Gasteiger partial charge is 0.295 e. The van der Waals surface area contributed by atoms with Gasteiger partial charge >= 0.3 is 0 Å². The van der Waals surface area contributed by atoms with Crippen LogP contribution in [0.25, 0.3) is 11.5 Å². The molecule has 2 aliphatic rings. The van der Waals surface area contributed by atoms with Crippen molar-refractivity contribution in [2.24, 2.45) is 0 Å². The number of likely N-dealkylation sites (N-methyl/N-ethyl adjacent to an activating group) is 2. The van der Waals surface area contributed by atoms with Gasteiger partial charge in [0.05, 0.1) is 14.2 Å². The summed E-state index contributed by atoms with van der Waals surface area (Å²) in [5, 5.41) is 27.1. The van der Waals surface area contributed by atoms with E-state index in [0.29, 0.717) is 38.3 Å². The van der Waals surface area contributed by atoms with Crippen molar-refractivity contribution >= 4 is 75.0 Å². The molecule has 0 spiro atoms. The van der Waals surface area contributed by atoms with Crippen LogP contribution in [0.4, 0.5) is 11.4 Å². The molecule has 2 fully saturated rings.